The molecule has 3 aromatic rings. The van der Waals surface area contributed by atoms with E-state index in [1.807, 2.05) is 46.8 Å². The first kappa shape index (κ1) is 19.9. The molecule has 0 atom stereocenters. The molecular weight excluding hydrogens is 398 g/mol. The number of thiazole rings is 1. The standard InChI is InChI=1S/C23H23N3OS2/c1-23(2,3)18-8-6-16(7-9-18)22(27)26-11-12-28-20(26)13-19-15-29-21(25-19)17-5-4-10-24-14-17/h4-10,13-15H,11-12H2,1-3H3/b20-13+. The molecule has 1 saturated heterocycles. The van der Waals surface area contributed by atoms with E-state index in [4.69, 9.17) is 4.98 Å². The zero-order chi connectivity index (χ0) is 20.4. The lowest BCUT2D eigenvalue weighted by Gasteiger charge is -2.20. The summed E-state index contributed by atoms with van der Waals surface area (Å²) in [6.45, 7) is 7.25. The van der Waals surface area contributed by atoms with Gasteiger partial charge in [0.05, 0.1) is 10.7 Å². The van der Waals surface area contributed by atoms with Gasteiger partial charge in [0.15, 0.2) is 0 Å². The van der Waals surface area contributed by atoms with Gasteiger partial charge in [-0.15, -0.1) is 23.1 Å². The second kappa shape index (κ2) is 8.13. The molecule has 0 unspecified atom stereocenters. The van der Waals surface area contributed by atoms with E-state index in [1.54, 1.807) is 29.3 Å². The molecule has 0 aliphatic carbocycles. The smallest absolute Gasteiger partial charge is 0.258 e. The van der Waals surface area contributed by atoms with Crippen molar-refractivity contribution < 1.29 is 4.79 Å². The number of thioether (sulfide) groups is 1. The Morgan fingerprint density at radius 2 is 1.97 bits per heavy atom. The molecule has 0 saturated carbocycles. The number of benzene rings is 1. The van der Waals surface area contributed by atoms with Crippen molar-refractivity contribution >= 4 is 35.1 Å². The van der Waals surface area contributed by atoms with Gasteiger partial charge in [0.25, 0.3) is 5.91 Å². The Balaban J connectivity index is 1.54. The molecule has 3 heterocycles. The predicted octanol–water partition coefficient (Wildman–Crippen LogP) is 5.69. The van der Waals surface area contributed by atoms with E-state index in [-0.39, 0.29) is 11.3 Å². The number of rotatable bonds is 3. The molecule has 0 radical (unpaired) electrons. The minimum Gasteiger partial charge on any atom is -0.302 e. The molecule has 1 aromatic carbocycles. The molecule has 4 nitrogen and oxygen atoms in total. The number of carbonyl (C=O) groups is 1. The van der Waals surface area contributed by atoms with Gasteiger partial charge < -0.3 is 4.90 Å². The van der Waals surface area contributed by atoms with E-state index in [9.17, 15) is 4.79 Å². The van der Waals surface area contributed by atoms with Crippen molar-refractivity contribution in [3.8, 4) is 10.6 Å². The van der Waals surface area contributed by atoms with Crippen molar-refractivity contribution in [1.82, 2.24) is 14.9 Å². The van der Waals surface area contributed by atoms with Crippen LogP contribution in [-0.4, -0.2) is 33.1 Å². The van der Waals surface area contributed by atoms with Crippen LogP contribution in [0.4, 0.5) is 0 Å². The molecule has 1 aliphatic rings. The number of pyridine rings is 1. The second-order valence-corrected chi connectivity index (χ2v) is 9.91. The highest BCUT2D eigenvalue weighted by molar-refractivity contribution is 8.03. The Morgan fingerprint density at radius 1 is 1.17 bits per heavy atom. The van der Waals surface area contributed by atoms with Crippen LogP contribution < -0.4 is 0 Å². The van der Waals surface area contributed by atoms with E-state index >= 15 is 0 Å². The van der Waals surface area contributed by atoms with Crippen molar-refractivity contribution in [3.63, 3.8) is 0 Å². The number of amides is 1. The largest absolute Gasteiger partial charge is 0.302 e. The Morgan fingerprint density at radius 3 is 2.66 bits per heavy atom. The molecule has 1 aliphatic heterocycles. The Kier molecular flexibility index (Phi) is 5.56. The number of nitrogens with zero attached hydrogens (tertiary/aromatic N) is 3. The van der Waals surface area contributed by atoms with Gasteiger partial charge in [0.1, 0.15) is 5.01 Å². The third-order valence-electron chi connectivity index (χ3n) is 4.78. The van der Waals surface area contributed by atoms with Crippen molar-refractivity contribution in [2.75, 3.05) is 12.3 Å². The van der Waals surface area contributed by atoms with Crippen LogP contribution in [0.25, 0.3) is 16.6 Å². The zero-order valence-corrected chi connectivity index (χ0v) is 18.4. The van der Waals surface area contributed by atoms with Crippen LogP contribution in [0.15, 0.2) is 59.2 Å². The summed E-state index contributed by atoms with van der Waals surface area (Å²) in [5.41, 5.74) is 3.91. The van der Waals surface area contributed by atoms with Crippen LogP contribution in [0.1, 0.15) is 42.4 Å². The quantitative estimate of drug-likeness (QED) is 0.545. The monoisotopic (exact) mass is 421 g/mol. The van der Waals surface area contributed by atoms with Gasteiger partial charge in [0, 0.05) is 41.2 Å². The second-order valence-electron chi connectivity index (χ2n) is 7.93. The predicted molar refractivity (Wildman–Crippen MR) is 122 cm³/mol. The van der Waals surface area contributed by atoms with Gasteiger partial charge in [-0.3, -0.25) is 9.78 Å². The molecule has 0 N–H and O–H groups in total. The summed E-state index contributed by atoms with van der Waals surface area (Å²) < 4.78 is 0. The summed E-state index contributed by atoms with van der Waals surface area (Å²) in [5, 5.41) is 3.91. The Bertz CT molecular complexity index is 1030. The highest BCUT2D eigenvalue weighted by Crippen LogP contribution is 2.33. The molecule has 148 valence electrons. The average Bonchev–Trinajstić information content (AvgIpc) is 3.38. The van der Waals surface area contributed by atoms with Crippen LogP contribution in [-0.2, 0) is 5.41 Å². The van der Waals surface area contributed by atoms with Crippen molar-refractivity contribution in [2.45, 2.75) is 26.2 Å². The number of hydrogen-bond donors (Lipinski definition) is 0. The highest BCUT2D eigenvalue weighted by Gasteiger charge is 2.26. The van der Waals surface area contributed by atoms with Crippen LogP contribution in [0.5, 0.6) is 0 Å². The maximum atomic E-state index is 13.1. The molecule has 1 fully saturated rings. The van der Waals surface area contributed by atoms with Gasteiger partial charge in [-0.25, -0.2) is 4.98 Å². The Hall–Kier alpha value is -2.44. The van der Waals surface area contributed by atoms with E-state index in [1.165, 1.54) is 5.56 Å². The maximum Gasteiger partial charge on any atom is 0.258 e. The van der Waals surface area contributed by atoms with Crippen molar-refractivity contribution in [1.29, 1.82) is 0 Å². The summed E-state index contributed by atoms with van der Waals surface area (Å²) >= 11 is 3.29. The molecule has 0 bridgehead atoms. The topological polar surface area (TPSA) is 46.1 Å². The molecule has 1 amide bonds. The minimum atomic E-state index is 0.0458. The number of hydrogen-bond acceptors (Lipinski definition) is 5. The van der Waals surface area contributed by atoms with Gasteiger partial charge in [0.2, 0.25) is 0 Å². The van der Waals surface area contributed by atoms with E-state index in [0.717, 1.165) is 39.2 Å². The van der Waals surface area contributed by atoms with Gasteiger partial charge in [-0.05, 0) is 41.3 Å². The van der Waals surface area contributed by atoms with Crippen LogP contribution in [0, 0.1) is 0 Å². The molecular formula is C23H23N3OS2. The first-order chi connectivity index (χ1) is 13.9. The molecule has 4 rings (SSSR count). The SMILES string of the molecule is CC(C)(C)c1ccc(C(=O)N2CCS/C2=C/c2csc(-c3cccnc3)n2)cc1. The zero-order valence-electron chi connectivity index (χ0n) is 16.8. The van der Waals surface area contributed by atoms with Crippen molar-refractivity contribution in [3.05, 3.63) is 76.0 Å². The lowest BCUT2D eigenvalue weighted by Crippen LogP contribution is -2.26. The summed E-state index contributed by atoms with van der Waals surface area (Å²) in [7, 11) is 0. The fourth-order valence-corrected chi connectivity index (χ4v) is 4.91. The van der Waals surface area contributed by atoms with Gasteiger partial charge >= 0.3 is 0 Å². The van der Waals surface area contributed by atoms with E-state index in [0.29, 0.717) is 0 Å². The number of aromatic nitrogens is 2. The van der Waals surface area contributed by atoms with Crippen LogP contribution >= 0.6 is 23.1 Å². The maximum absolute atomic E-state index is 13.1. The fourth-order valence-electron chi connectivity index (χ4n) is 3.12. The van der Waals surface area contributed by atoms with E-state index < -0.39 is 0 Å². The summed E-state index contributed by atoms with van der Waals surface area (Å²) in [6, 6.07) is 11.9. The van der Waals surface area contributed by atoms with Gasteiger partial charge in [-0.2, -0.15) is 0 Å². The first-order valence-electron chi connectivity index (χ1n) is 9.55. The van der Waals surface area contributed by atoms with Crippen molar-refractivity contribution in [2.24, 2.45) is 0 Å². The lowest BCUT2D eigenvalue weighted by atomic mass is 9.86. The Labute approximate surface area is 179 Å². The normalized spacial score (nSPS) is 15.8. The molecule has 29 heavy (non-hydrogen) atoms. The van der Waals surface area contributed by atoms with E-state index in [2.05, 4.69) is 37.9 Å². The summed E-state index contributed by atoms with van der Waals surface area (Å²) in [4.78, 5) is 23.8. The molecule has 6 heteroatoms. The number of carbonyl (C=O) groups excluding carboxylic acids is 1. The minimum absolute atomic E-state index is 0.0458. The van der Waals surface area contributed by atoms with Gasteiger partial charge in [-0.1, -0.05) is 32.9 Å². The third-order valence-corrected chi connectivity index (χ3v) is 6.71. The lowest BCUT2D eigenvalue weighted by molar-refractivity contribution is 0.0831. The summed E-state index contributed by atoms with van der Waals surface area (Å²) in [5.74, 6) is 0.946. The van der Waals surface area contributed by atoms with Crippen LogP contribution in [0.3, 0.4) is 0 Å². The third kappa shape index (κ3) is 4.43. The summed E-state index contributed by atoms with van der Waals surface area (Å²) in [6.07, 6.45) is 5.58. The molecule has 0 spiro atoms. The fraction of sp³-hybridized carbons (Fsp3) is 0.261. The van der Waals surface area contributed by atoms with Crippen LogP contribution in [0.2, 0.25) is 0 Å². The highest BCUT2D eigenvalue weighted by atomic mass is 32.2. The first-order valence-corrected chi connectivity index (χ1v) is 11.4. The molecule has 2 aromatic heterocycles. The average molecular weight is 422 g/mol.